The molecule has 1 aliphatic carbocycles. The lowest BCUT2D eigenvalue weighted by Crippen LogP contribution is -2.44. The summed E-state index contributed by atoms with van der Waals surface area (Å²) in [5.41, 5.74) is -3.83. The van der Waals surface area contributed by atoms with Crippen LogP contribution in [0, 0.1) is 0 Å². The van der Waals surface area contributed by atoms with Gasteiger partial charge in [0.05, 0.1) is 11.1 Å². The lowest BCUT2D eigenvalue weighted by molar-refractivity contribution is -0.150. The van der Waals surface area contributed by atoms with Gasteiger partial charge in [-0.15, -0.1) is 0 Å². The van der Waals surface area contributed by atoms with Crippen molar-refractivity contribution in [3.63, 3.8) is 0 Å². The second-order valence-electron chi connectivity index (χ2n) is 3.21. The fraction of sp³-hybridized carbons (Fsp3) is 0.200. The average molecular weight is 224 g/mol. The normalized spacial score (nSPS) is 24.2. The summed E-state index contributed by atoms with van der Waals surface area (Å²) in [6.07, 6.45) is 1.98. The Morgan fingerprint density at radius 2 is 1.88 bits per heavy atom. The van der Waals surface area contributed by atoms with Gasteiger partial charge < -0.3 is 15.3 Å². The van der Waals surface area contributed by atoms with Gasteiger partial charge in [-0.25, -0.2) is 14.4 Å². The minimum atomic E-state index is -2.62. The first-order valence-electron chi connectivity index (χ1n) is 4.19. The molecule has 0 aromatic carbocycles. The van der Waals surface area contributed by atoms with E-state index in [-0.39, 0.29) is 11.1 Å². The van der Waals surface area contributed by atoms with Gasteiger partial charge in [0.15, 0.2) is 0 Å². The number of carbonyl (C=O) groups excluding carboxylic acids is 1. The van der Waals surface area contributed by atoms with Crippen LogP contribution in [-0.4, -0.2) is 38.8 Å². The topological polar surface area (TPSA) is 112 Å². The first-order chi connectivity index (χ1) is 7.35. The van der Waals surface area contributed by atoms with Gasteiger partial charge in [-0.3, -0.25) is 0 Å². The summed E-state index contributed by atoms with van der Waals surface area (Å²) < 4.78 is 0. The highest BCUT2D eigenvalue weighted by Crippen LogP contribution is 2.32. The van der Waals surface area contributed by atoms with E-state index in [1.54, 1.807) is 0 Å². The molecule has 16 heavy (non-hydrogen) atoms. The smallest absolute Gasteiger partial charge is 0.345 e. The van der Waals surface area contributed by atoms with Crippen LogP contribution in [0.25, 0.3) is 0 Å². The number of carboxylic acids is 2. The third kappa shape index (κ3) is 1.46. The predicted molar refractivity (Wildman–Crippen MR) is 51.3 cm³/mol. The van der Waals surface area contributed by atoms with Gasteiger partial charge in [-0.2, -0.15) is 0 Å². The van der Waals surface area contributed by atoms with Crippen molar-refractivity contribution in [3.8, 4) is 0 Å². The number of carbonyl (C=O) groups is 2. The second kappa shape index (κ2) is 3.77. The van der Waals surface area contributed by atoms with E-state index in [1.807, 2.05) is 0 Å². The molecular weight excluding hydrogens is 216 g/mol. The van der Waals surface area contributed by atoms with Crippen molar-refractivity contribution in [2.24, 2.45) is 0 Å². The van der Waals surface area contributed by atoms with Crippen molar-refractivity contribution in [2.45, 2.75) is 12.5 Å². The van der Waals surface area contributed by atoms with Crippen LogP contribution < -0.4 is 0 Å². The molecule has 3 N–H and O–H groups in total. The Morgan fingerprint density at radius 1 is 1.31 bits per heavy atom. The summed E-state index contributed by atoms with van der Waals surface area (Å²) >= 11 is 0. The number of carboxylic acid groups (broad SMARTS) is 2. The maximum atomic E-state index is 10.9. The maximum absolute atomic E-state index is 10.9. The molecule has 6 nitrogen and oxygen atoms in total. The summed E-state index contributed by atoms with van der Waals surface area (Å²) in [5, 5.41) is 27.4. The highest BCUT2D eigenvalue weighted by molar-refractivity contribution is 5.99. The van der Waals surface area contributed by atoms with Crippen LogP contribution in [0.5, 0.6) is 0 Å². The Bertz CT molecular complexity index is 478. The number of hydrogen-bond donors (Lipinski definition) is 3. The van der Waals surface area contributed by atoms with E-state index in [0.29, 0.717) is 0 Å². The van der Waals surface area contributed by atoms with Gasteiger partial charge in [0, 0.05) is 0 Å². The van der Waals surface area contributed by atoms with E-state index in [0.717, 1.165) is 19.1 Å². The van der Waals surface area contributed by atoms with Crippen LogP contribution in [-0.2, 0) is 14.4 Å². The van der Waals surface area contributed by atoms with Gasteiger partial charge >= 0.3 is 11.9 Å². The van der Waals surface area contributed by atoms with E-state index in [1.165, 1.54) is 5.94 Å². The van der Waals surface area contributed by atoms with Crippen molar-refractivity contribution < 1.29 is 29.7 Å². The predicted octanol–water partition coefficient (Wildman–Crippen LogP) is -0.469. The first-order valence-corrected chi connectivity index (χ1v) is 4.19. The van der Waals surface area contributed by atoms with Crippen LogP contribution in [0.1, 0.15) is 6.92 Å². The van der Waals surface area contributed by atoms with E-state index >= 15 is 0 Å². The molecule has 1 atom stereocenters. The van der Waals surface area contributed by atoms with Gasteiger partial charge in [0.1, 0.15) is 5.94 Å². The first kappa shape index (κ1) is 11.9. The van der Waals surface area contributed by atoms with E-state index in [2.05, 4.69) is 0 Å². The van der Waals surface area contributed by atoms with Crippen LogP contribution in [0.15, 0.2) is 28.9 Å². The van der Waals surface area contributed by atoms with E-state index < -0.39 is 23.1 Å². The summed E-state index contributed by atoms with van der Waals surface area (Å²) in [6.45, 7) is 1.14. The third-order valence-corrected chi connectivity index (χ3v) is 2.40. The Kier molecular flexibility index (Phi) is 2.80. The lowest BCUT2D eigenvalue weighted by atomic mass is 9.80. The Morgan fingerprint density at radius 3 is 2.25 bits per heavy atom. The van der Waals surface area contributed by atoms with Crippen LogP contribution in [0.4, 0.5) is 0 Å². The van der Waals surface area contributed by atoms with E-state index in [4.69, 9.17) is 10.2 Å². The minimum Gasteiger partial charge on any atom is -0.479 e. The van der Waals surface area contributed by atoms with E-state index in [9.17, 15) is 19.5 Å². The second-order valence-corrected chi connectivity index (χ2v) is 3.21. The van der Waals surface area contributed by atoms with Gasteiger partial charge in [0.25, 0.3) is 0 Å². The van der Waals surface area contributed by atoms with Crippen molar-refractivity contribution in [2.75, 3.05) is 0 Å². The van der Waals surface area contributed by atoms with Crippen molar-refractivity contribution in [1.29, 1.82) is 0 Å². The molecule has 0 heterocycles. The minimum absolute atomic E-state index is 0.326. The molecule has 1 unspecified atom stereocenters. The molecular formula is C10H8O6. The Hall–Kier alpha value is -2.17. The molecule has 0 saturated heterocycles. The SMILES string of the molecule is CC1=C(C(=O)O)C=CC(=C=O)C1(O)C(=O)O. The van der Waals surface area contributed by atoms with Crippen LogP contribution in [0.2, 0.25) is 0 Å². The van der Waals surface area contributed by atoms with Crippen LogP contribution >= 0.6 is 0 Å². The maximum Gasteiger partial charge on any atom is 0.345 e. The molecule has 6 heteroatoms. The highest BCUT2D eigenvalue weighted by Gasteiger charge is 2.46. The van der Waals surface area contributed by atoms with Crippen molar-refractivity contribution in [3.05, 3.63) is 28.9 Å². The summed E-state index contributed by atoms with van der Waals surface area (Å²) in [5.74, 6) is -1.81. The summed E-state index contributed by atoms with van der Waals surface area (Å²) in [4.78, 5) is 32.2. The van der Waals surface area contributed by atoms with Crippen LogP contribution in [0.3, 0.4) is 0 Å². The molecule has 0 aromatic rings. The molecule has 84 valence electrons. The monoisotopic (exact) mass is 224 g/mol. The molecule has 0 radical (unpaired) electrons. The fourth-order valence-corrected chi connectivity index (χ4v) is 1.42. The zero-order chi connectivity index (χ0) is 12.5. The Labute approximate surface area is 89.8 Å². The number of hydrogen-bond acceptors (Lipinski definition) is 4. The number of rotatable bonds is 2. The molecule has 0 spiro atoms. The van der Waals surface area contributed by atoms with Gasteiger partial charge in [0.2, 0.25) is 5.60 Å². The molecule has 1 rings (SSSR count). The molecule has 0 aromatic heterocycles. The molecule has 0 fully saturated rings. The quantitative estimate of drug-likeness (QED) is 0.547. The third-order valence-electron chi connectivity index (χ3n) is 2.40. The van der Waals surface area contributed by atoms with Crippen molar-refractivity contribution >= 4 is 17.9 Å². The van der Waals surface area contributed by atoms with Gasteiger partial charge in [-0.1, -0.05) is 0 Å². The zero-order valence-electron chi connectivity index (χ0n) is 8.22. The van der Waals surface area contributed by atoms with Gasteiger partial charge in [-0.05, 0) is 24.6 Å². The summed E-state index contributed by atoms with van der Waals surface area (Å²) in [6, 6.07) is 0. The largest absolute Gasteiger partial charge is 0.479 e. The standard InChI is InChI=1S/C10H8O6/c1-5-7(8(12)13)3-2-6(4-11)10(5,16)9(14)15/h2-3,16H,1H3,(H,12,13)(H,14,15). The average Bonchev–Trinajstić information content (AvgIpc) is 2.21. The molecule has 0 aliphatic heterocycles. The summed E-state index contributed by atoms with van der Waals surface area (Å²) in [7, 11) is 0. The molecule has 0 amide bonds. The molecule has 0 saturated carbocycles. The molecule has 1 aliphatic rings. The molecule has 0 bridgehead atoms. The Balaban J connectivity index is 3.54. The lowest BCUT2D eigenvalue weighted by Gasteiger charge is -2.27. The van der Waals surface area contributed by atoms with Crippen molar-refractivity contribution in [1.82, 2.24) is 0 Å². The number of aliphatic carboxylic acids is 2. The highest BCUT2D eigenvalue weighted by atomic mass is 16.4. The number of aliphatic hydroxyl groups is 1. The fourth-order valence-electron chi connectivity index (χ4n) is 1.42. The zero-order valence-corrected chi connectivity index (χ0v) is 8.22.